The minimum atomic E-state index is -0.126. The van der Waals surface area contributed by atoms with Crippen molar-refractivity contribution in [2.75, 3.05) is 13.1 Å². The van der Waals surface area contributed by atoms with Crippen LogP contribution < -0.4 is 10.6 Å². The van der Waals surface area contributed by atoms with E-state index in [1.54, 1.807) is 6.20 Å². The highest BCUT2D eigenvalue weighted by molar-refractivity contribution is 6.05. The summed E-state index contributed by atoms with van der Waals surface area (Å²) < 4.78 is 0. The number of aromatic nitrogens is 1. The highest BCUT2D eigenvalue weighted by atomic mass is 35.5. The number of halogens is 2. The Labute approximate surface area is 142 Å². The summed E-state index contributed by atoms with van der Waals surface area (Å²) in [6.45, 7) is 4.01. The fraction of sp³-hybridized carbons (Fsp3) is 0.375. The second-order valence-electron chi connectivity index (χ2n) is 5.65. The lowest BCUT2D eigenvalue weighted by atomic mass is 9.90. The second-order valence-corrected chi connectivity index (χ2v) is 5.65. The van der Waals surface area contributed by atoms with E-state index < -0.39 is 0 Å². The van der Waals surface area contributed by atoms with Crippen LogP contribution in [0.15, 0.2) is 36.5 Å². The molecule has 2 N–H and O–H groups in total. The molecular weight excluding hydrogens is 321 g/mol. The number of nitrogens with one attached hydrogen (secondary N) is 2. The predicted molar refractivity (Wildman–Crippen MR) is 94.2 cm³/mol. The van der Waals surface area contributed by atoms with Crippen LogP contribution in [0.3, 0.4) is 0 Å². The third kappa shape index (κ3) is 3.88. The summed E-state index contributed by atoms with van der Waals surface area (Å²) in [5, 5.41) is 7.50. The molecule has 0 atom stereocenters. The Morgan fingerprint density at radius 1 is 1.18 bits per heavy atom. The number of rotatable bonds is 2. The first kappa shape index (κ1) is 18.7. The van der Waals surface area contributed by atoms with Gasteiger partial charge in [-0.2, -0.15) is 0 Å². The molecule has 0 aliphatic carbocycles. The Balaban J connectivity index is 0.00000121. The van der Waals surface area contributed by atoms with Crippen molar-refractivity contribution < 1.29 is 4.79 Å². The molecule has 0 spiro atoms. The molecule has 1 aromatic carbocycles. The van der Waals surface area contributed by atoms with Crippen LogP contribution in [-0.4, -0.2) is 29.5 Å². The maximum Gasteiger partial charge on any atom is 0.253 e. The number of fused-ring (bicyclic) bond motifs is 1. The number of carbonyl (C=O) groups is 1. The summed E-state index contributed by atoms with van der Waals surface area (Å²) >= 11 is 0. The highest BCUT2D eigenvalue weighted by Crippen LogP contribution is 2.20. The lowest BCUT2D eigenvalue weighted by Gasteiger charge is -2.35. The van der Waals surface area contributed by atoms with Gasteiger partial charge >= 0.3 is 0 Å². The van der Waals surface area contributed by atoms with Crippen LogP contribution in [0, 0.1) is 0 Å². The average molecular weight is 342 g/mol. The zero-order chi connectivity index (χ0) is 14.0. The van der Waals surface area contributed by atoms with E-state index in [0.29, 0.717) is 5.56 Å². The van der Waals surface area contributed by atoms with Gasteiger partial charge in [0.2, 0.25) is 0 Å². The zero-order valence-corrected chi connectivity index (χ0v) is 14.1. The molecular formula is C16H21Cl2N3O. The maximum absolute atomic E-state index is 12.6. The van der Waals surface area contributed by atoms with Crippen molar-refractivity contribution in [1.29, 1.82) is 0 Å². The molecule has 120 valence electrons. The Kier molecular flexibility index (Phi) is 6.60. The van der Waals surface area contributed by atoms with Gasteiger partial charge in [0.25, 0.3) is 5.91 Å². The monoisotopic (exact) mass is 341 g/mol. The number of pyridine rings is 1. The summed E-state index contributed by atoms with van der Waals surface area (Å²) in [5.41, 5.74) is 1.30. The van der Waals surface area contributed by atoms with Crippen LogP contribution in [-0.2, 0) is 0 Å². The number of amides is 1. The molecule has 1 saturated heterocycles. The van der Waals surface area contributed by atoms with Gasteiger partial charge in [0.15, 0.2) is 0 Å². The lowest BCUT2D eigenvalue weighted by Crippen LogP contribution is -2.52. The first-order chi connectivity index (χ1) is 9.68. The largest absolute Gasteiger partial charge is 0.347 e. The molecule has 2 aromatic rings. The number of nitrogens with zero attached hydrogens (tertiary/aromatic N) is 1. The molecule has 1 fully saturated rings. The summed E-state index contributed by atoms with van der Waals surface area (Å²) in [7, 11) is 0. The fourth-order valence-corrected chi connectivity index (χ4v) is 2.73. The molecule has 0 unspecified atom stereocenters. The molecule has 1 amide bonds. The van der Waals surface area contributed by atoms with E-state index in [1.165, 1.54) is 0 Å². The molecule has 1 aliphatic rings. The van der Waals surface area contributed by atoms with E-state index in [-0.39, 0.29) is 36.3 Å². The van der Waals surface area contributed by atoms with Gasteiger partial charge in [0, 0.05) is 17.1 Å². The number of para-hydroxylation sites is 1. The van der Waals surface area contributed by atoms with Crippen molar-refractivity contribution in [1.82, 2.24) is 15.6 Å². The molecule has 3 rings (SSSR count). The topological polar surface area (TPSA) is 54.0 Å². The predicted octanol–water partition coefficient (Wildman–Crippen LogP) is 2.95. The van der Waals surface area contributed by atoms with Gasteiger partial charge in [0.1, 0.15) is 0 Å². The number of hydrogen-bond acceptors (Lipinski definition) is 3. The van der Waals surface area contributed by atoms with Gasteiger partial charge in [-0.3, -0.25) is 9.78 Å². The average Bonchev–Trinajstić information content (AvgIpc) is 2.47. The number of benzene rings is 1. The maximum atomic E-state index is 12.6. The van der Waals surface area contributed by atoms with Crippen molar-refractivity contribution in [3.8, 4) is 0 Å². The summed E-state index contributed by atoms with van der Waals surface area (Å²) in [5.74, 6) is -0.0290. The molecule has 6 heteroatoms. The first-order valence-corrected chi connectivity index (χ1v) is 7.05. The molecule has 2 heterocycles. The van der Waals surface area contributed by atoms with E-state index >= 15 is 0 Å². The van der Waals surface area contributed by atoms with Crippen LogP contribution in [0.25, 0.3) is 10.9 Å². The Hall–Kier alpha value is -1.36. The van der Waals surface area contributed by atoms with Crippen LogP contribution in [0.5, 0.6) is 0 Å². The second kappa shape index (κ2) is 7.77. The third-order valence-corrected chi connectivity index (χ3v) is 4.00. The van der Waals surface area contributed by atoms with E-state index in [0.717, 1.165) is 36.8 Å². The van der Waals surface area contributed by atoms with Crippen molar-refractivity contribution in [2.45, 2.75) is 25.3 Å². The van der Waals surface area contributed by atoms with Gasteiger partial charge in [-0.25, -0.2) is 0 Å². The molecule has 4 nitrogen and oxygen atoms in total. The fourth-order valence-electron chi connectivity index (χ4n) is 2.73. The van der Waals surface area contributed by atoms with E-state index in [2.05, 4.69) is 22.5 Å². The third-order valence-electron chi connectivity index (χ3n) is 4.00. The Morgan fingerprint density at radius 2 is 1.86 bits per heavy atom. The van der Waals surface area contributed by atoms with Crippen LogP contribution in [0.4, 0.5) is 0 Å². The van der Waals surface area contributed by atoms with Gasteiger partial charge < -0.3 is 10.6 Å². The molecule has 0 radical (unpaired) electrons. The molecule has 0 bridgehead atoms. The quantitative estimate of drug-likeness (QED) is 0.882. The van der Waals surface area contributed by atoms with Crippen molar-refractivity contribution in [3.63, 3.8) is 0 Å². The lowest BCUT2D eigenvalue weighted by molar-refractivity contribution is 0.0889. The minimum Gasteiger partial charge on any atom is -0.347 e. The molecule has 22 heavy (non-hydrogen) atoms. The van der Waals surface area contributed by atoms with Gasteiger partial charge in [-0.05, 0) is 45.0 Å². The Morgan fingerprint density at radius 3 is 2.59 bits per heavy atom. The molecule has 0 saturated carbocycles. The number of piperidine rings is 1. The van der Waals surface area contributed by atoms with Crippen molar-refractivity contribution in [3.05, 3.63) is 42.1 Å². The van der Waals surface area contributed by atoms with Gasteiger partial charge in [0.05, 0.1) is 11.1 Å². The van der Waals surface area contributed by atoms with Crippen LogP contribution in [0.2, 0.25) is 0 Å². The smallest absolute Gasteiger partial charge is 0.253 e. The van der Waals surface area contributed by atoms with Crippen molar-refractivity contribution in [2.24, 2.45) is 0 Å². The van der Waals surface area contributed by atoms with Crippen LogP contribution in [0.1, 0.15) is 30.1 Å². The SMILES string of the molecule is CC1(NC(=O)c2cccc3cccnc23)CCNCC1.Cl.Cl. The summed E-state index contributed by atoms with van der Waals surface area (Å²) in [6, 6.07) is 9.59. The number of carbonyl (C=O) groups excluding carboxylic acids is 1. The van der Waals surface area contributed by atoms with Gasteiger partial charge in [-0.15, -0.1) is 24.8 Å². The standard InChI is InChI=1S/C16H19N3O.2ClH/c1-16(7-10-17-11-8-16)19-15(20)13-6-2-4-12-5-3-9-18-14(12)13;;/h2-6,9,17H,7-8,10-11H2,1H3,(H,19,20);2*1H. The minimum absolute atomic E-state index is 0. The van der Waals surface area contributed by atoms with Gasteiger partial charge in [-0.1, -0.05) is 18.2 Å². The highest BCUT2D eigenvalue weighted by Gasteiger charge is 2.29. The first-order valence-electron chi connectivity index (χ1n) is 7.05. The Bertz CT molecular complexity index is 637. The molecule has 1 aromatic heterocycles. The normalized spacial score (nSPS) is 16.2. The van der Waals surface area contributed by atoms with Crippen molar-refractivity contribution >= 4 is 41.6 Å². The molecule has 1 aliphatic heterocycles. The number of hydrogen-bond donors (Lipinski definition) is 2. The van der Waals surface area contributed by atoms with E-state index in [1.807, 2.05) is 30.3 Å². The summed E-state index contributed by atoms with van der Waals surface area (Å²) in [6.07, 6.45) is 3.64. The van der Waals surface area contributed by atoms with E-state index in [9.17, 15) is 4.79 Å². The van der Waals surface area contributed by atoms with E-state index in [4.69, 9.17) is 0 Å². The summed E-state index contributed by atoms with van der Waals surface area (Å²) in [4.78, 5) is 16.9. The van der Waals surface area contributed by atoms with Crippen LogP contribution >= 0.6 is 24.8 Å². The zero-order valence-electron chi connectivity index (χ0n) is 12.5.